The average Bonchev–Trinajstić information content (AvgIpc) is 2.50. The van der Waals surface area contributed by atoms with Crippen molar-refractivity contribution in [3.05, 3.63) is 35.4 Å². The second-order valence-electron chi connectivity index (χ2n) is 7.59. The Bertz CT molecular complexity index is 540. The summed E-state index contributed by atoms with van der Waals surface area (Å²) >= 11 is 0. The van der Waals surface area contributed by atoms with Crippen LogP contribution in [0.15, 0.2) is 29.3 Å². The monoisotopic (exact) mass is 445 g/mol. The van der Waals surface area contributed by atoms with E-state index in [-0.39, 0.29) is 29.6 Å². The van der Waals surface area contributed by atoms with Gasteiger partial charge in [0.05, 0.1) is 18.8 Å². The third-order valence-corrected chi connectivity index (χ3v) is 4.07. The molecule has 1 fully saturated rings. The molecule has 24 heavy (non-hydrogen) atoms. The average molecular weight is 445 g/mol. The maximum Gasteiger partial charge on any atom is 0.191 e. The van der Waals surface area contributed by atoms with Crippen LogP contribution in [-0.2, 0) is 17.9 Å². The van der Waals surface area contributed by atoms with Crippen LogP contribution in [0.25, 0.3) is 0 Å². The molecule has 4 nitrogen and oxygen atoms in total. The smallest absolute Gasteiger partial charge is 0.191 e. The number of rotatable bonds is 4. The summed E-state index contributed by atoms with van der Waals surface area (Å²) in [5.41, 5.74) is 8.39. The Kier molecular flexibility index (Phi) is 8.50. The predicted octanol–water partition coefficient (Wildman–Crippen LogP) is 4.17. The van der Waals surface area contributed by atoms with Crippen molar-refractivity contribution in [3.8, 4) is 0 Å². The number of nitrogens with zero attached hydrogens (tertiary/aromatic N) is 2. The highest BCUT2D eigenvalue weighted by Gasteiger charge is 2.17. The summed E-state index contributed by atoms with van der Waals surface area (Å²) in [5.74, 6) is 1.38. The minimum absolute atomic E-state index is 0. The number of hydrogen-bond donors (Lipinski definition) is 1. The molecule has 1 aromatic rings. The number of aliphatic imine (C=N–C) groups is 1. The summed E-state index contributed by atoms with van der Waals surface area (Å²) in [7, 11) is 0. The molecule has 0 amide bonds. The molecular weight excluding hydrogens is 413 g/mol. The lowest BCUT2D eigenvalue weighted by Crippen LogP contribution is -2.43. The Labute approximate surface area is 163 Å². The standard InChI is InChI=1S/C19H31N3O.HI/c1-15-7-6-10-22(13-15)18(20)21-12-16-8-5-9-17(11-16)14-23-19(2,3)4;/h5,8-9,11,15H,6-7,10,12-14H2,1-4H3,(H2,20,21);1H. The van der Waals surface area contributed by atoms with Crippen LogP contribution in [0.5, 0.6) is 0 Å². The van der Waals surface area contributed by atoms with Gasteiger partial charge in [0.2, 0.25) is 0 Å². The van der Waals surface area contributed by atoms with Crippen molar-refractivity contribution in [2.75, 3.05) is 13.1 Å². The van der Waals surface area contributed by atoms with Crippen LogP contribution in [0, 0.1) is 5.92 Å². The second kappa shape index (κ2) is 9.61. The van der Waals surface area contributed by atoms with Gasteiger partial charge in [-0.05, 0) is 50.7 Å². The first kappa shape index (κ1) is 21.2. The van der Waals surface area contributed by atoms with Crippen LogP contribution in [-0.4, -0.2) is 29.6 Å². The van der Waals surface area contributed by atoms with Gasteiger partial charge in [0.25, 0.3) is 0 Å². The van der Waals surface area contributed by atoms with E-state index < -0.39 is 0 Å². The Balaban J connectivity index is 0.00000288. The van der Waals surface area contributed by atoms with Crippen molar-refractivity contribution >= 4 is 29.9 Å². The van der Waals surface area contributed by atoms with Gasteiger partial charge in [-0.2, -0.15) is 0 Å². The van der Waals surface area contributed by atoms with Crippen molar-refractivity contribution < 1.29 is 4.74 Å². The number of benzene rings is 1. The fourth-order valence-corrected chi connectivity index (χ4v) is 2.79. The fraction of sp³-hybridized carbons (Fsp3) is 0.632. The summed E-state index contributed by atoms with van der Waals surface area (Å²) in [4.78, 5) is 6.79. The van der Waals surface area contributed by atoms with E-state index in [4.69, 9.17) is 10.5 Å². The number of piperidine rings is 1. The van der Waals surface area contributed by atoms with E-state index >= 15 is 0 Å². The number of halogens is 1. The first-order valence-electron chi connectivity index (χ1n) is 8.60. The minimum Gasteiger partial charge on any atom is -0.371 e. The third-order valence-electron chi connectivity index (χ3n) is 4.07. The quantitative estimate of drug-likeness (QED) is 0.430. The van der Waals surface area contributed by atoms with Crippen molar-refractivity contribution in [3.63, 3.8) is 0 Å². The van der Waals surface area contributed by atoms with E-state index in [9.17, 15) is 0 Å². The van der Waals surface area contributed by atoms with E-state index in [0.29, 0.717) is 25.0 Å². The Morgan fingerprint density at radius 3 is 2.71 bits per heavy atom. The van der Waals surface area contributed by atoms with Gasteiger partial charge in [0.1, 0.15) is 0 Å². The molecule has 0 bridgehead atoms. The number of guanidine groups is 1. The first-order valence-corrected chi connectivity index (χ1v) is 8.60. The maximum atomic E-state index is 6.16. The van der Waals surface area contributed by atoms with Gasteiger partial charge in [-0.15, -0.1) is 24.0 Å². The molecular formula is C19H32IN3O. The van der Waals surface area contributed by atoms with Crippen molar-refractivity contribution in [1.29, 1.82) is 0 Å². The molecule has 1 unspecified atom stereocenters. The van der Waals surface area contributed by atoms with Crippen LogP contribution < -0.4 is 5.73 Å². The molecule has 1 atom stereocenters. The van der Waals surface area contributed by atoms with Crippen LogP contribution in [0.3, 0.4) is 0 Å². The number of hydrogen-bond acceptors (Lipinski definition) is 2. The van der Waals surface area contributed by atoms with Gasteiger partial charge < -0.3 is 15.4 Å². The number of ether oxygens (including phenoxy) is 1. The third kappa shape index (κ3) is 7.38. The molecule has 1 aliphatic heterocycles. The highest BCUT2D eigenvalue weighted by atomic mass is 127. The molecule has 0 radical (unpaired) electrons. The van der Waals surface area contributed by atoms with E-state index in [2.05, 4.69) is 61.9 Å². The molecule has 5 heteroatoms. The summed E-state index contributed by atoms with van der Waals surface area (Å²) in [6.45, 7) is 11.8. The zero-order valence-corrected chi connectivity index (χ0v) is 17.7. The molecule has 0 saturated carbocycles. The molecule has 1 saturated heterocycles. The molecule has 136 valence electrons. The Morgan fingerprint density at radius 2 is 2.04 bits per heavy atom. The Morgan fingerprint density at radius 1 is 1.33 bits per heavy atom. The summed E-state index contributed by atoms with van der Waals surface area (Å²) in [6, 6.07) is 8.40. The topological polar surface area (TPSA) is 50.8 Å². The molecule has 1 aromatic carbocycles. The van der Waals surface area contributed by atoms with Crippen LogP contribution in [0.1, 0.15) is 51.7 Å². The summed E-state index contributed by atoms with van der Waals surface area (Å²) in [5, 5.41) is 0. The SMILES string of the molecule is CC1CCCN(C(N)=NCc2cccc(COC(C)(C)C)c2)C1.I. The largest absolute Gasteiger partial charge is 0.371 e. The fourth-order valence-electron chi connectivity index (χ4n) is 2.79. The van der Waals surface area contributed by atoms with E-state index in [1.807, 2.05) is 0 Å². The highest BCUT2D eigenvalue weighted by Crippen LogP contribution is 2.16. The van der Waals surface area contributed by atoms with Gasteiger partial charge in [0, 0.05) is 13.1 Å². The van der Waals surface area contributed by atoms with Crippen LogP contribution in [0.2, 0.25) is 0 Å². The predicted molar refractivity (Wildman–Crippen MR) is 112 cm³/mol. The van der Waals surface area contributed by atoms with Gasteiger partial charge in [-0.1, -0.05) is 31.2 Å². The van der Waals surface area contributed by atoms with Gasteiger partial charge in [-0.3, -0.25) is 0 Å². The molecule has 2 rings (SSSR count). The van der Waals surface area contributed by atoms with Crippen molar-refractivity contribution in [2.45, 2.75) is 59.3 Å². The lowest BCUT2D eigenvalue weighted by Gasteiger charge is -2.31. The number of likely N-dealkylation sites (tertiary alicyclic amines) is 1. The van der Waals surface area contributed by atoms with Crippen LogP contribution in [0.4, 0.5) is 0 Å². The highest BCUT2D eigenvalue weighted by molar-refractivity contribution is 14.0. The van der Waals surface area contributed by atoms with E-state index in [1.54, 1.807) is 0 Å². The molecule has 2 N–H and O–H groups in total. The first-order chi connectivity index (χ1) is 10.8. The molecule has 0 aliphatic carbocycles. The Hall–Kier alpha value is -0.820. The normalized spacial score (nSPS) is 19.1. The molecule has 0 aromatic heterocycles. The van der Waals surface area contributed by atoms with Crippen molar-refractivity contribution in [1.82, 2.24) is 4.90 Å². The number of nitrogens with two attached hydrogens (primary N) is 1. The van der Waals surface area contributed by atoms with Gasteiger partial charge in [-0.25, -0.2) is 4.99 Å². The van der Waals surface area contributed by atoms with E-state index in [1.165, 1.54) is 24.0 Å². The lowest BCUT2D eigenvalue weighted by molar-refractivity contribution is -0.0149. The van der Waals surface area contributed by atoms with Crippen molar-refractivity contribution in [2.24, 2.45) is 16.6 Å². The molecule has 0 spiro atoms. The molecule has 1 heterocycles. The maximum absolute atomic E-state index is 6.16. The van der Waals surface area contributed by atoms with Gasteiger partial charge in [0.15, 0.2) is 5.96 Å². The lowest BCUT2D eigenvalue weighted by atomic mass is 10.0. The second-order valence-corrected chi connectivity index (χ2v) is 7.59. The van der Waals surface area contributed by atoms with Gasteiger partial charge >= 0.3 is 0 Å². The zero-order valence-electron chi connectivity index (χ0n) is 15.4. The zero-order chi connectivity index (χ0) is 16.9. The molecule has 1 aliphatic rings. The van der Waals surface area contributed by atoms with Crippen LogP contribution >= 0.6 is 24.0 Å². The summed E-state index contributed by atoms with van der Waals surface area (Å²) < 4.78 is 5.83. The van der Waals surface area contributed by atoms with E-state index in [0.717, 1.165) is 13.1 Å². The summed E-state index contributed by atoms with van der Waals surface area (Å²) in [6.07, 6.45) is 2.50. The minimum atomic E-state index is -0.121.